The summed E-state index contributed by atoms with van der Waals surface area (Å²) >= 11 is 0. The van der Waals surface area contributed by atoms with Gasteiger partial charge in [0.05, 0.1) is 0 Å². The summed E-state index contributed by atoms with van der Waals surface area (Å²) in [4.78, 5) is 0. The first kappa shape index (κ1) is 10.6. The molecular formula is C11H19N3O. The van der Waals surface area contributed by atoms with Crippen molar-refractivity contribution in [3.8, 4) is 0 Å². The molecule has 0 aromatic carbocycles. The molecule has 1 aromatic rings. The van der Waals surface area contributed by atoms with E-state index in [1.807, 2.05) is 0 Å². The maximum atomic E-state index is 5.66. The average molecular weight is 209 g/mol. The first-order valence-corrected chi connectivity index (χ1v) is 5.74. The molecule has 84 valence electrons. The summed E-state index contributed by atoms with van der Waals surface area (Å²) in [6, 6.07) is 0. The largest absolute Gasteiger partial charge is 0.425 e. The van der Waals surface area contributed by atoms with Gasteiger partial charge in [-0.05, 0) is 31.7 Å². The highest BCUT2D eigenvalue weighted by Crippen LogP contribution is 2.37. The predicted octanol–water partition coefficient (Wildman–Crippen LogP) is 2.04. The quantitative estimate of drug-likeness (QED) is 0.827. The fourth-order valence-corrected chi connectivity index (χ4v) is 2.16. The highest BCUT2D eigenvalue weighted by atomic mass is 16.4. The molecule has 0 spiro atoms. The number of nitrogens with zero attached hydrogens (tertiary/aromatic N) is 2. The monoisotopic (exact) mass is 209 g/mol. The van der Waals surface area contributed by atoms with Gasteiger partial charge >= 0.3 is 0 Å². The van der Waals surface area contributed by atoms with Gasteiger partial charge in [-0.2, -0.15) is 0 Å². The predicted molar refractivity (Wildman–Crippen MR) is 57.5 cm³/mol. The SMILES string of the molecule is CC(C)c1nnc([C@H]2CC[C@@H](CN)C2)o1. The number of hydrogen-bond acceptors (Lipinski definition) is 4. The fraction of sp³-hybridized carbons (Fsp3) is 0.818. The van der Waals surface area contributed by atoms with E-state index in [0.717, 1.165) is 31.2 Å². The van der Waals surface area contributed by atoms with Gasteiger partial charge in [0.15, 0.2) is 0 Å². The lowest BCUT2D eigenvalue weighted by atomic mass is 10.1. The van der Waals surface area contributed by atoms with E-state index < -0.39 is 0 Å². The van der Waals surface area contributed by atoms with Crippen LogP contribution in [-0.2, 0) is 0 Å². The Labute approximate surface area is 90.3 Å². The molecule has 0 aliphatic heterocycles. The molecule has 1 saturated carbocycles. The van der Waals surface area contributed by atoms with Gasteiger partial charge in [-0.25, -0.2) is 0 Å². The zero-order chi connectivity index (χ0) is 10.8. The van der Waals surface area contributed by atoms with Crippen LogP contribution in [0.1, 0.15) is 56.7 Å². The number of aromatic nitrogens is 2. The van der Waals surface area contributed by atoms with Crippen LogP contribution in [0.2, 0.25) is 0 Å². The lowest BCUT2D eigenvalue weighted by molar-refractivity contribution is 0.398. The van der Waals surface area contributed by atoms with E-state index >= 15 is 0 Å². The summed E-state index contributed by atoms with van der Waals surface area (Å²) in [6.07, 6.45) is 3.44. The van der Waals surface area contributed by atoms with Crippen LogP contribution in [-0.4, -0.2) is 16.7 Å². The van der Waals surface area contributed by atoms with E-state index in [4.69, 9.17) is 10.2 Å². The molecule has 4 nitrogen and oxygen atoms in total. The van der Waals surface area contributed by atoms with Crippen molar-refractivity contribution in [2.45, 2.75) is 44.9 Å². The van der Waals surface area contributed by atoms with Crippen LogP contribution >= 0.6 is 0 Å². The van der Waals surface area contributed by atoms with Crippen molar-refractivity contribution >= 4 is 0 Å². The first-order valence-electron chi connectivity index (χ1n) is 5.74. The summed E-state index contributed by atoms with van der Waals surface area (Å²) in [5, 5.41) is 8.19. The van der Waals surface area contributed by atoms with E-state index in [9.17, 15) is 0 Å². The highest BCUT2D eigenvalue weighted by molar-refractivity contribution is 4.97. The minimum atomic E-state index is 0.318. The maximum Gasteiger partial charge on any atom is 0.219 e. The van der Waals surface area contributed by atoms with Crippen molar-refractivity contribution in [2.24, 2.45) is 11.7 Å². The Bertz CT molecular complexity index is 321. The van der Waals surface area contributed by atoms with Gasteiger partial charge in [0.25, 0.3) is 0 Å². The smallest absolute Gasteiger partial charge is 0.219 e. The molecular weight excluding hydrogens is 190 g/mol. The van der Waals surface area contributed by atoms with Gasteiger partial charge in [-0.15, -0.1) is 10.2 Å². The normalized spacial score (nSPS) is 26.4. The molecule has 1 fully saturated rings. The van der Waals surface area contributed by atoms with Crippen molar-refractivity contribution in [1.82, 2.24) is 10.2 Å². The molecule has 0 amide bonds. The van der Waals surface area contributed by atoms with Crippen molar-refractivity contribution in [3.05, 3.63) is 11.8 Å². The van der Waals surface area contributed by atoms with Gasteiger partial charge in [0.1, 0.15) is 0 Å². The van der Waals surface area contributed by atoms with Crippen LogP contribution in [0.3, 0.4) is 0 Å². The summed E-state index contributed by atoms with van der Waals surface area (Å²) in [7, 11) is 0. The van der Waals surface area contributed by atoms with E-state index in [1.165, 1.54) is 6.42 Å². The maximum absolute atomic E-state index is 5.66. The Morgan fingerprint density at radius 1 is 1.40 bits per heavy atom. The van der Waals surface area contributed by atoms with Crippen LogP contribution in [0.5, 0.6) is 0 Å². The van der Waals surface area contributed by atoms with Gasteiger partial charge in [-0.1, -0.05) is 13.8 Å². The van der Waals surface area contributed by atoms with E-state index in [0.29, 0.717) is 17.8 Å². The molecule has 0 bridgehead atoms. The lowest BCUT2D eigenvalue weighted by Crippen LogP contribution is -2.10. The van der Waals surface area contributed by atoms with Crippen molar-refractivity contribution < 1.29 is 4.42 Å². The van der Waals surface area contributed by atoms with Gasteiger partial charge < -0.3 is 10.2 Å². The van der Waals surface area contributed by atoms with Crippen LogP contribution in [0, 0.1) is 5.92 Å². The molecule has 2 rings (SSSR count). The lowest BCUT2D eigenvalue weighted by Gasteiger charge is -2.04. The van der Waals surface area contributed by atoms with Crippen LogP contribution in [0.4, 0.5) is 0 Å². The topological polar surface area (TPSA) is 64.9 Å². The van der Waals surface area contributed by atoms with Gasteiger partial charge in [-0.3, -0.25) is 0 Å². The third-order valence-electron chi connectivity index (χ3n) is 3.17. The Morgan fingerprint density at radius 2 is 2.20 bits per heavy atom. The van der Waals surface area contributed by atoms with Crippen molar-refractivity contribution in [1.29, 1.82) is 0 Å². The Hall–Kier alpha value is -0.900. The van der Waals surface area contributed by atoms with E-state index in [2.05, 4.69) is 24.0 Å². The molecule has 2 N–H and O–H groups in total. The molecule has 1 aromatic heterocycles. The van der Waals surface area contributed by atoms with Crippen LogP contribution < -0.4 is 5.73 Å². The van der Waals surface area contributed by atoms with Crippen molar-refractivity contribution in [2.75, 3.05) is 6.54 Å². The Balaban J connectivity index is 2.04. The average Bonchev–Trinajstić information content (AvgIpc) is 2.86. The second-order valence-corrected chi connectivity index (χ2v) is 4.74. The minimum Gasteiger partial charge on any atom is -0.425 e. The molecule has 15 heavy (non-hydrogen) atoms. The molecule has 1 heterocycles. The summed E-state index contributed by atoms with van der Waals surface area (Å²) in [5.74, 6) is 2.97. The van der Waals surface area contributed by atoms with Crippen LogP contribution in [0.15, 0.2) is 4.42 Å². The summed E-state index contributed by atoms with van der Waals surface area (Å²) in [6.45, 7) is 4.91. The fourth-order valence-electron chi connectivity index (χ4n) is 2.16. The van der Waals surface area contributed by atoms with Gasteiger partial charge in [0, 0.05) is 11.8 Å². The number of hydrogen-bond donors (Lipinski definition) is 1. The zero-order valence-electron chi connectivity index (χ0n) is 9.44. The van der Waals surface area contributed by atoms with E-state index in [1.54, 1.807) is 0 Å². The molecule has 0 unspecified atom stereocenters. The van der Waals surface area contributed by atoms with E-state index in [-0.39, 0.29) is 0 Å². The Kier molecular flexibility index (Phi) is 3.05. The minimum absolute atomic E-state index is 0.318. The summed E-state index contributed by atoms with van der Waals surface area (Å²) < 4.78 is 5.66. The Morgan fingerprint density at radius 3 is 2.73 bits per heavy atom. The second-order valence-electron chi connectivity index (χ2n) is 4.74. The molecule has 4 heteroatoms. The van der Waals surface area contributed by atoms with Crippen LogP contribution in [0.25, 0.3) is 0 Å². The third kappa shape index (κ3) is 2.20. The van der Waals surface area contributed by atoms with Gasteiger partial charge in [0.2, 0.25) is 11.8 Å². The molecule has 1 aliphatic rings. The standard InChI is InChI=1S/C11H19N3O/c1-7(2)10-13-14-11(15-10)9-4-3-8(5-9)6-12/h7-9H,3-6,12H2,1-2H3/t8-,9+/m1/s1. The number of rotatable bonds is 3. The second kappa shape index (κ2) is 4.31. The first-order chi connectivity index (χ1) is 7.20. The molecule has 0 radical (unpaired) electrons. The zero-order valence-corrected chi connectivity index (χ0v) is 9.44. The highest BCUT2D eigenvalue weighted by Gasteiger charge is 2.29. The number of nitrogens with two attached hydrogens (primary N) is 1. The molecule has 1 aliphatic carbocycles. The van der Waals surface area contributed by atoms with Crippen molar-refractivity contribution in [3.63, 3.8) is 0 Å². The molecule has 0 saturated heterocycles. The summed E-state index contributed by atoms with van der Waals surface area (Å²) in [5.41, 5.74) is 5.66. The molecule has 2 atom stereocenters. The third-order valence-corrected chi connectivity index (χ3v) is 3.17.